The van der Waals surface area contributed by atoms with Crippen molar-refractivity contribution in [2.75, 3.05) is 26.5 Å². The number of nitrogens with one attached hydrogen (secondary N) is 2. The minimum atomic E-state index is -0.721. The van der Waals surface area contributed by atoms with E-state index >= 15 is 0 Å². The maximum Gasteiger partial charge on any atom is 0.337 e. The summed E-state index contributed by atoms with van der Waals surface area (Å²) in [6, 6.07) is 7.77. The molecule has 1 fully saturated rings. The fourth-order valence-electron chi connectivity index (χ4n) is 3.39. The molecular formula is C20H31N3O3S. The second-order valence-electron chi connectivity index (χ2n) is 6.74. The molecule has 1 aromatic carbocycles. The smallest absolute Gasteiger partial charge is 0.337 e. The van der Waals surface area contributed by atoms with Crippen LogP contribution in [0, 0.1) is 0 Å². The molecule has 2 rings (SSSR count). The third-order valence-electron chi connectivity index (χ3n) is 4.93. The van der Waals surface area contributed by atoms with Gasteiger partial charge in [0.2, 0.25) is 0 Å². The van der Waals surface area contributed by atoms with Crippen LogP contribution in [0.2, 0.25) is 0 Å². The number of guanidine groups is 1. The van der Waals surface area contributed by atoms with Crippen LogP contribution in [0.3, 0.4) is 0 Å². The van der Waals surface area contributed by atoms with Crippen molar-refractivity contribution in [1.82, 2.24) is 10.6 Å². The number of nitrogens with zero attached hydrogens (tertiary/aromatic N) is 1. The van der Waals surface area contributed by atoms with Crippen LogP contribution >= 0.6 is 0 Å². The normalized spacial score (nSPS) is 21.4. The van der Waals surface area contributed by atoms with Crippen molar-refractivity contribution in [1.29, 1.82) is 0 Å². The molecule has 0 radical (unpaired) electrons. The summed E-state index contributed by atoms with van der Waals surface area (Å²) >= 11 is 0. The van der Waals surface area contributed by atoms with E-state index in [2.05, 4.69) is 15.6 Å². The van der Waals surface area contributed by atoms with Gasteiger partial charge in [-0.25, -0.2) is 4.79 Å². The minimum absolute atomic E-state index is 0.299. The number of ether oxygens (including phenoxy) is 1. The predicted molar refractivity (Wildman–Crippen MR) is 111 cm³/mol. The van der Waals surface area contributed by atoms with Gasteiger partial charge in [-0.1, -0.05) is 25.5 Å². The summed E-state index contributed by atoms with van der Waals surface area (Å²) in [7, 11) is 2.43. The van der Waals surface area contributed by atoms with Gasteiger partial charge in [-0.2, -0.15) is 0 Å². The zero-order chi connectivity index (χ0) is 19.6. The molecule has 6 nitrogen and oxygen atoms in total. The molecule has 0 aliphatic heterocycles. The van der Waals surface area contributed by atoms with Gasteiger partial charge >= 0.3 is 5.97 Å². The Kier molecular flexibility index (Phi) is 8.78. The van der Waals surface area contributed by atoms with Crippen molar-refractivity contribution >= 4 is 22.7 Å². The van der Waals surface area contributed by atoms with E-state index in [9.17, 15) is 9.00 Å². The lowest BCUT2D eigenvalue weighted by Gasteiger charge is -2.30. The van der Waals surface area contributed by atoms with E-state index < -0.39 is 10.8 Å². The Labute approximate surface area is 164 Å². The summed E-state index contributed by atoms with van der Waals surface area (Å²) < 4.78 is 16.8. The van der Waals surface area contributed by atoms with Crippen LogP contribution in [0.25, 0.3) is 0 Å². The number of methoxy groups -OCH3 is 1. The molecule has 0 bridgehead atoms. The van der Waals surface area contributed by atoms with E-state index in [0.717, 1.165) is 55.9 Å². The quantitative estimate of drug-likeness (QED) is 0.422. The maximum absolute atomic E-state index is 12.1. The number of hydrogen-bond acceptors (Lipinski definition) is 4. The van der Waals surface area contributed by atoms with Gasteiger partial charge in [0.25, 0.3) is 0 Å². The summed E-state index contributed by atoms with van der Waals surface area (Å²) in [6.07, 6.45) is 5.03. The fraction of sp³-hybridized carbons (Fsp3) is 0.600. The third-order valence-corrected chi connectivity index (χ3v) is 6.67. The van der Waals surface area contributed by atoms with Crippen molar-refractivity contribution < 1.29 is 13.7 Å². The van der Waals surface area contributed by atoms with Crippen LogP contribution in [-0.2, 0) is 22.0 Å². The van der Waals surface area contributed by atoms with Gasteiger partial charge in [0.1, 0.15) is 0 Å². The zero-order valence-electron chi connectivity index (χ0n) is 16.5. The van der Waals surface area contributed by atoms with E-state index in [1.165, 1.54) is 7.11 Å². The topological polar surface area (TPSA) is 79.8 Å². The monoisotopic (exact) mass is 393 g/mol. The Bertz CT molecular complexity index is 661. The number of aliphatic imine (C=N–C) groups is 1. The summed E-state index contributed by atoms with van der Waals surface area (Å²) in [5.41, 5.74) is 1.70. The van der Waals surface area contributed by atoms with Crippen molar-refractivity contribution in [2.45, 2.75) is 50.3 Å². The van der Waals surface area contributed by atoms with Gasteiger partial charge in [0, 0.05) is 41.4 Å². The van der Waals surface area contributed by atoms with E-state index in [1.54, 1.807) is 19.2 Å². The first-order valence-corrected chi connectivity index (χ1v) is 11.0. The Morgan fingerprint density at radius 3 is 2.67 bits per heavy atom. The standard InChI is InChI=1S/C20H31N3O3S/c1-4-27(25)18-7-5-6-17(14-18)23-20(21-2)22-13-12-15-8-10-16(11-9-15)19(24)26-3/h8-11,17-18H,4-7,12-14H2,1-3H3,(H2,21,22,23). The Hall–Kier alpha value is -1.89. The molecule has 1 aliphatic carbocycles. The molecular weight excluding hydrogens is 362 g/mol. The molecule has 3 unspecified atom stereocenters. The zero-order valence-corrected chi connectivity index (χ0v) is 17.3. The molecule has 0 amide bonds. The Morgan fingerprint density at radius 2 is 2.04 bits per heavy atom. The maximum atomic E-state index is 12.1. The highest BCUT2D eigenvalue weighted by atomic mass is 32.2. The molecule has 0 aromatic heterocycles. The highest BCUT2D eigenvalue weighted by molar-refractivity contribution is 7.85. The van der Waals surface area contributed by atoms with Crippen molar-refractivity contribution in [3.63, 3.8) is 0 Å². The Morgan fingerprint density at radius 1 is 1.30 bits per heavy atom. The number of rotatable bonds is 7. The molecule has 2 N–H and O–H groups in total. The van der Waals surface area contributed by atoms with Crippen LogP contribution in [0.1, 0.15) is 48.5 Å². The number of benzene rings is 1. The van der Waals surface area contributed by atoms with Crippen molar-refractivity contribution in [2.24, 2.45) is 4.99 Å². The van der Waals surface area contributed by atoms with E-state index in [-0.39, 0.29) is 5.97 Å². The predicted octanol–water partition coefficient (Wildman–Crippen LogP) is 2.26. The van der Waals surface area contributed by atoms with Crippen LogP contribution in [0.4, 0.5) is 0 Å². The third kappa shape index (κ3) is 6.65. The average molecular weight is 394 g/mol. The Balaban J connectivity index is 1.78. The van der Waals surface area contributed by atoms with Gasteiger partial charge in [-0.3, -0.25) is 9.20 Å². The second kappa shape index (κ2) is 11.1. The van der Waals surface area contributed by atoms with Gasteiger partial charge in [-0.15, -0.1) is 0 Å². The molecule has 27 heavy (non-hydrogen) atoms. The summed E-state index contributed by atoms with van der Waals surface area (Å²) in [5.74, 6) is 1.20. The molecule has 7 heteroatoms. The molecule has 150 valence electrons. The van der Waals surface area contributed by atoms with Crippen molar-refractivity contribution in [3.05, 3.63) is 35.4 Å². The highest BCUT2D eigenvalue weighted by Gasteiger charge is 2.25. The fourth-order valence-corrected chi connectivity index (χ4v) is 4.74. The average Bonchev–Trinajstić information content (AvgIpc) is 2.72. The van der Waals surface area contributed by atoms with E-state index in [0.29, 0.717) is 16.9 Å². The lowest BCUT2D eigenvalue weighted by Crippen LogP contribution is -2.47. The van der Waals surface area contributed by atoms with Gasteiger partial charge in [-0.05, 0) is 43.4 Å². The molecule has 3 atom stereocenters. The van der Waals surface area contributed by atoms with Crippen LogP contribution < -0.4 is 10.6 Å². The summed E-state index contributed by atoms with van der Waals surface area (Å²) in [6.45, 7) is 2.74. The largest absolute Gasteiger partial charge is 0.465 e. The van der Waals surface area contributed by atoms with Gasteiger partial charge < -0.3 is 15.4 Å². The minimum Gasteiger partial charge on any atom is -0.465 e. The molecule has 0 heterocycles. The number of carbonyl (C=O) groups excluding carboxylic acids is 1. The molecule has 1 saturated carbocycles. The second-order valence-corrected chi connectivity index (χ2v) is 8.74. The first-order chi connectivity index (χ1) is 13.1. The van der Waals surface area contributed by atoms with E-state index in [4.69, 9.17) is 4.74 Å². The lowest BCUT2D eigenvalue weighted by molar-refractivity contribution is 0.0600. The number of hydrogen-bond donors (Lipinski definition) is 2. The summed E-state index contributed by atoms with van der Waals surface area (Å²) in [4.78, 5) is 15.8. The summed E-state index contributed by atoms with van der Waals surface area (Å²) in [5, 5.41) is 7.12. The molecule has 1 aromatic rings. The SMILES string of the molecule is CCS(=O)C1CCCC(NC(=NC)NCCc2ccc(C(=O)OC)cc2)C1. The van der Waals surface area contributed by atoms with Gasteiger partial charge in [0.15, 0.2) is 5.96 Å². The van der Waals surface area contributed by atoms with Crippen LogP contribution in [-0.4, -0.2) is 53.9 Å². The molecule has 0 saturated heterocycles. The molecule has 1 aliphatic rings. The first-order valence-electron chi connectivity index (χ1n) is 9.59. The van der Waals surface area contributed by atoms with Crippen LogP contribution in [0.15, 0.2) is 29.3 Å². The molecule has 0 spiro atoms. The first kappa shape index (κ1) is 21.4. The number of carbonyl (C=O) groups is 1. The van der Waals surface area contributed by atoms with E-state index in [1.807, 2.05) is 19.1 Å². The van der Waals surface area contributed by atoms with Gasteiger partial charge in [0.05, 0.1) is 12.7 Å². The number of esters is 1. The van der Waals surface area contributed by atoms with Crippen LogP contribution in [0.5, 0.6) is 0 Å². The van der Waals surface area contributed by atoms with Crippen molar-refractivity contribution in [3.8, 4) is 0 Å². The highest BCUT2D eigenvalue weighted by Crippen LogP contribution is 2.22. The lowest BCUT2D eigenvalue weighted by atomic mass is 9.95.